The molecule has 1 unspecified atom stereocenters. The second kappa shape index (κ2) is 6.26. The minimum absolute atomic E-state index is 0. The Bertz CT molecular complexity index is 693. The first-order valence-corrected chi connectivity index (χ1v) is 6.86. The lowest BCUT2D eigenvalue weighted by Crippen LogP contribution is -2.18. The van der Waals surface area contributed by atoms with Crippen LogP contribution in [0, 0.1) is 5.92 Å². The molecule has 6 heteroatoms. The lowest BCUT2D eigenvalue weighted by atomic mass is 9.89. The molecule has 0 saturated heterocycles. The minimum Gasteiger partial charge on any atom is -0.318 e. The molecular formula is C15H18ClN3O2. The summed E-state index contributed by atoms with van der Waals surface area (Å²) in [7, 11) is 0. The van der Waals surface area contributed by atoms with Crippen molar-refractivity contribution in [2.45, 2.75) is 33.1 Å². The Balaban J connectivity index is 0.00000161. The van der Waals surface area contributed by atoms with Gasteiger partial charge in [-0.05, 0) is 42.9 Å². The largest absolute Gasteiger partial charge is 0.332 e. The Labute approximate surface area is 129 Å². The first-order chi connectivity index (χ1) is 9.63. The van der Waals surface area contributed by atoms with Crippen molar-refractivity contribution in [1.29, 1.82) is 0 Å². The molecule has 0 fully saturated rings. The highest BCUT2D eigenvalue weighted by molar-refractivity contribution is 5.85. The highest BCUT2D eigenvalue weighted by atomic mass is 35.5. The molecule has 5 nitrogen and oxygen atoms in total. The molecule has 3 rings (SSSR count). The number of carbonyl (C=O) groups is 1. The van der Waals surface area contributed by atoms with Crippen molar-refractivity contribution in [2.75, 3.05) is 0 Å². The summed E-state index contributed by atoms with van der Waals surface area (Å²) in [6, 6.07) is 3.97. The van der Waals surface area contributed by atoms with Gasteiger partial charge in [-0.1, -0.05) is 17.8 Å². The molecule has 0 spiro atoms. The topological polar surface area (TPSA) is 57.0 Å². The highest BCUT2D eigenvalue weighted by Crippen LogP contribution is 2.29. The Morgan fingerprint density at radius 2 is 2.24 bits per heavy atom. The number of fused-ring (bicyclic) bond motifs is 1. The van der Waals surface area contributed by atoms with Crippen LogP contribution >= 0.6 is 12.4 Å². The lowest BCUT2D eigenvalue weighted by Gasteiger charge is -2.17. The van der Waals surface area contributed by atoms with Crippen molar-refractivity contribution in [3.8, 4) is 0 Å². The van der Waals surface area contributed by atoms with E-state index in [-0.39, 0.29) is 12.4 Å². The van der Waals surface area contributed by atoms with Crippen LogP contribution in [0.15, 0.2) is 24.4 Å². The highest BCUT2D eigenvalue weighted by Gasteiger charge is 2.14. The smallest absolute Gasteiger partial charge is 0.318 e. The van der Waals surface area contributed by atoms with Crippen molar-refractivity contribution in [1.82, 2.24) is 14.9 Å². The standard InChI is InChI=1S/C15H17N3O2.ClH/c1-10-3-5-12(6-4-10)14-8-7-13-9-16-18(15(13)17-14)20-11(2)19;/h5,7-10H,3-4,6H2,1-2H3;1H. The second-order valence-corrected chi connectivity index (χ2v) is 5.32. The molecule has 21 heavy (non-hydrogen) atoms. The predicted molar refractivity (Wildman–Crippen MR) is 83.0 cm³/mol. The molecule has 2 aromatic rings. The van der Waals surface area contributed by atoms with E-state index >= 15 is 0 Å². The third-order valence-electron chi connectivity index (χ3n) is 3.61. The molecule has 1 aliphatic carbocycles. The van der Waals surface area contributed by atoms with Crippen LogP contribution in [0.5, 0.6) is 0 Å². The van der Waals surface area contributed by atoms with Crippen LogP contribution in [-0.2, 0) is 4.79 Å². The molecule has 0 saturated carbocycles. The molecule has 1 aliphatic rings. The zero-order valence-electron chi connectivity index (χ0n) is 12.1. The van der Waals surface area contributed by atoms with Crippen LogP contribution in [0.4, 0.5) is 0 Å². The SMILES string of the molecule is CC(=O)On1ncc2ccc(C3=CCC(C)CC3)nc21.Cl. The molecule has 1 atom stereocenters. The van der Waals surface area contributed by atoms with Crippen LogP contribution in [0.3, 0.4) is 0 Å². The van der Waals surface area contributed by atoms with Gasteiger partial charge in [-0.3, -0.25) is 0 Å². The van der Waals surface area contributed by atoms with Crippen molar-refractivity contribution in [3.63, 3.8) is 0 Å². The Hall–Kier alpha value is -1.88. The molecule has 0 amide bonds. The molecular weight excluding hydrogens is 290 g/mol. The normalized spacial score (nSPS) is 18.0. The van der Waals surface area contributed by atoms with Crippen LogP contribution in [0.25, 0.3) is 16.6 Å². The number of aromatic nitrogens is 3. The summed E-state index contributed by atoms with van der Waals surface area (Å²) in [5, 5.41) is 4.89. The third kappa shape index (κ3) is 3.24. The minimum atomic E-state index is -0.409. The van der Waals surface area contributed by atoms with Gasteiger partial charge in [0.25, 0.3) is 0 Å². The van der Waals surface area contributed by atoms with E-state index in [0.29, 0.717) is 5.65 Å². The van der Waals surface area contributed by atoms with Crippen LogP contribution < -0.4 is 4.84 Å². The first-order valence-electron chi connectivity index (χ1n) is 6.86. The maximum atomic E-state index is 11.1. The van der Waals surface area contributed by atoms with Crippen molar-refractivity contribution in [3.05, 3.63) is 30.1 Å². The summed E-state index contributed by atoms with van der Waals surface area (Å²) in [4.78, 5) is 21.8. The van der Waals surface area contributed by atoms with E-state index in [1.807, 2.05) is 12.1 Å². The van der Waals surface area contributed by atoms with Crippen molar-refractivity contribution < 1.29 is 9.63 Å². The van der Waals surface area contributed by atoms with Gasteiger partial charge in [0, 0.05) is 12.3 Å². The average molecular weight is 308 g/mol. The molecule has 0 radical (unpaired) electrons. The fourth-order valence-electron chi connectivity index (χ4n) is 2.45. The Morgan fingerprint density at radius 3 is 2.90 bits per heavy atom. The molecule has 0 aliphatic heterocycles. The second-order valence-electron chi connectivity index (χ2n) is 5.32. The Morgan fingerprint density at radius 1 is 1.43 bits per heavy atom. The van der Waals surface area contributed by atoms with E-state index in [1.165, 1.54) is 23.8 Å². The van der Waals surface area contributed by atoms with E-state index in [9.17, 15) is 4.79 Å². The van der Waals surface area contributed by atoms with Gasteiger partial charge < -0.3 is 4.84 Å². The van der Waals surface area contributed by atoms with Gasteiger partial charge >= 0.3 is 5.97 Å². The number of carbonyl (C=O) groups excluding carboxylic acids is 1. The zero-order chi connectivity index (χ0) is 14.1. The summed E-state index contributed by atoms with van der Waals surface area (Å²) in [6.45, 7) is 3.61. The number of pyridine rings is 1. The number of allylic oxidation sites excluding steroid dienone is 2. The molecule has 112 valence electrons. The van der Waals surface area contributed by atoms with Crippen molar-refractivity contribution in [2.24, 2.45) is 5.92 Å². The predicted octanol–water partition coefficient (Wildman–Crippen LogP) is 3.03. The lowest BCUT2D eigenvalue weighted by molar-refractivity contribution is -0.142. The van der Waals surface area contributed by atoms with Gasteiger partial charge in [0.1, 0.15) is 0 Å². The number of halogens is 1. The number of rotatable bonds is 2. The first kappa shape index (κ1) is 15.5. The van der Waals surface area contributed by atoms with E-state index in [2.05, 4.69) is 23.1 Å². The van der Waals surface area contributed by atoms with Gasteiger partial charge in [-0.2, -0.15) is 0 Å². The summed E-state index contributed by atoms with van der Waals surface area (Å²) < 4.78 is 0. The molecule has 0 aromatic carbocycles. The van der Waals surface area contributed by atoms with Crippen LogP contribution in [-0.4, -0.2) is 20.9 Å². The van der Waals surface area contributed by atoms with E-state index in [1.54, 1.807) is 6.20 Å². The summed E-state index contributed by atoms with van der Waals surface area (Å²) in [5.74, 6) is 0.335. The number of hydrogen-bond acceptors (Lipinski definition) is 4. The third-order valence-corrected chi connectivity index (χ3v) is 3.61. The fraction of sp³-hybridized carbons (Fsp3) is 0.400. The van der Waals surface area contributed by atoms with E-state index in [4.69, 9.17) is 4.84 Å². The van der Waals surface area contributed by atoms with E-state index < -0.39 is 5.97 Å². The van der Waals surface area contributed by atoms with Gasteiger partial charge in [-0.15, -0.1) is 17.5 Å². The number of nitrogens with zero attached hydrogens (tertiary/aromatic N) is 3. The zero-order valence-corrected chi connectivity index (χ0v) is 12.9. The van der Waals surface area contributed by atoms with Gasteiger partial charge in [0.05, 0.1) is 11.9 Å². The molecule has 0 bridgehead atoms. The molecule has 2 heterocycles. The average Bonchev–Trinajstić information content (AvgIpc) is 2.81. The Kier molecular flexibility index (Phi) is 4.63. The number of hydrogen-bond donors (Lipinski definition) is 0. The fourth-order valence-corrected chi connectivity index (χ4v) is 2.45. The summed E-state index contributed by atoms with van der Waals surface area (Å²) in [6.07, 6.45) is 7.23. The quantitative estimate of drug-likeness (QED) is 0.855. The molecule has 0 N–H and O–H groups in total. The van der Waals surface area contributed by atoms with Crippen LogP contribution in [0.2, 0.25) is 0 Å². The van der Waals surface area contributed by atoms with Gasteiger partial charge in [-0.25, -0.2) is 9.78 Å². The van der Waals surface area contributed by atoms with Crippen molar-refractivity contribution >= 4 is 35.0 Å². The summed E-state index contributed by atoms with van der Waals surface area (Å²) in [5.41, 5.74) is 2.79. The monoisotopic (exact) mass is 307 g/mol. The van der Waals surface area contributed by atoms with E-state index in [0.717, 1.165) is 29.8 Å². The van der Waals surface area contributed by atoms with Gasteiger partial charge in [0.15, 0.2) is 5.65 Å². The maximum Gasteiger partial charge on any atom is 0.332 e. The summed E-state index contributed by atoms with van der Waals surface area (Å²) >= 11 is 0. The maximum absolute atomic E-state index is 11.1. The molecule has 2 aromatic heterocycles. The van der Waals surface area contributed by atoms with Crippen LogP contribution in [0.1, 0.15) is 38.8 Å². The van der Waals surface area contributed by atoms with Gasteiger partial charge in [0.2, 0.25) is 0 Å².